The second kappa shape index (κ2) is 13.5. The Bertz CT molecular complexity index is 3790. The highest BCUT2D eigenvalue weighted by Gasteiger charge is 2.20. The van der Waals surface area contributed by atoms with Crippen LogP contribution in [0.5, 0.6) is 0 Å². The first-order valence-electron chi connectivity index (χ1n) is 20.4. The van der Waals surface area contributed by atoms with Gasteiger partial charge in [0, 0.05) is 43.7 Å². The fraction of sp³-hybridized carbons (Fsp3) is 0. The molecule has 12 aromatic rings. The third-order valence-corrected chi connectivity index (χ3v) is 12.3. The standard InChI is InChI=1S/C56H33N5/c57-34-36-22-26-55-48(28-36)46-16-7-11-21-53(46)61(55)56-32-38(23-24-39(56)35-58)41-29-40(37-12-2-1-3-13-37)30-43(31-41)60-52-20-10-6-17-47(52)49-33-42(25-27-54(49)60)59-50-18-8-4-14-44(50)45-15-5-9-19-51(45)59/h1-33H. The molecule has 12 rings (SSSR count). The Balaban J connectivity index is 1.09. The van der Waals surface area contributed by atoms with Crippen molar-refractivity contribution in [1.29, 1.82) is 10.5 Å². The van der Waals surface area contributed by atoms with Gasteiger partial charge >= 0.3 is 0 Å². The van der Waals surface area contributed by atoms with Crippen molar-refractivity contribution < 1.29 is 0 Å². The minimum absolute atomic E-state index is 0.566. The summed E-state index contributed by atoms with van der Waals surface area (Å²) in [4.78, 5) is 0. The summed E-state index contributed by atoms with van der Waals surface area (Å²) in [5.74, 6) is 0. The lowest BCUT2D eigenvalue weighted by molar-refractivity contribution is 1.16. The molecular formula is C56H33N5. The predicted molar refractivity (Wildman–Crippen MR) is 250 cm³/mol. The molecule has 0 saturated heterocycles. The van der Waals surface area contributed by atoms with Gasteiger partial charge in [-0.25, -0.2) is 0 Å². The molecular weight excluding hydrogens is 743 g/mol. The largest absolute Gasteiger partial charge is 0.309 e. The second-order valence-electron chi connectivity index (χ2n) is 15.6. The van der Waals surface area contributed by atoms with Crippen molar-refractivity contribution in [2.75, 3.05) is 0 Å². The Morgan fingerprint density at radius 2 is 0.787 bits per heavy atom. The lowest BCUT2D eigenvalue weighted by atomic mass is 9.96. The van der Waals surface area contributed by atoms with Crippen LogP contribution in [0.2, 0.25) is 0 Å². The van der Waals surface area contributed by atoms with E-state index in [1.165, 1.54) is 32.6 Å². The van der Waals surface area contributed by atoms with Crippen molar-refractivity contribution in [3.8, 4) is 51.5 Å². The summed E-state index contributed by atoms with van der Waals surface area (Å²) in [5.41, 5.74) is 14.9. The molecule has 0 saturated carbocycles. The number of rotatable bonds is 5. The first-order chi connectivity index (χ1) is 30.2. The number of aromatic nitrogens is 3. The van der Waals surface area contributed by atoms with Gasteiger partial charge in [-0.1, -0.05) is 109 Å². The molecule has 0 radical (unpaired) electrons. The minimum atomic E-state index is 0.566. The van der Waals surface area contributed by atoms with Crippen molar-refractivity contribution >= 4 is 65.4 Å². The molecule has 0 aliphatic heterocycles. The van der Waals surface area contributed by atoms with Crippen LogP contribution in [0, 0.1) is 22.7 Å². The molecule has 61 heavy (non-hydrogen) atoms. The summed E-state index contributed by atoms with van der Waals surface area (Å²) in [5, 5.41) is 27.1. The van der Waals surface area contributed by atoms with Gasteiger partial charge in [0.25, 0.3) is 0 Å². The topological polar surface area (TPSA) is 62.4 Å². The van der Waals surface area contributed by atoms with Crippen LogP contribution in [0.1, 0.15) is 11.1 Å². The third kappa shape index (κ3) is 5.25. The number of hydrogen-bond donors (Lipinski definition) is 0. The third-order valence-electron chi connectivity index (χ3n) is 12.3. The van der Waals surface area contributed by atoms with E-state index in [-0.39, 0.29) is 0 Å². The molecule has 282 valence electrons. The molecule has 0 N–H and O–H groups in total. The highest BCUT2D eigenvalue weighted by Crippen LogP contribution is 2.40. The smallest absolute Gasteiger partial charge is 0.101 e. The monoisotopic (exact) mass is 775 g/mol. The lowest BCUT2D eigenvalue weighted by Crippen LogP contribution is -1.99. The van der Waals surface area contributed by atoms with Crippen molar-refractivity contribution in [2.45, 2.75) is 0 Å². The molecule has 3 heterocycles. The molecule has 0 unspecified atom stereocenters. The van der Waals surface area contributed by atoms with Gasteiger partial charge in [0.05, 0.1) is 56.0 Å². The van der Waals surface area contributed by atoms with Crippen molar-refractivity contribution in [3.05, 3.63) is 211 Å². The van der Waals surface area contributed by atoms with Gasteiger partial charge in [-0.05, 0) is 113 Å². The molecule has 5 heteroatoms. The lowest BCUT2D eigenvalue weighted by Gasteiger charge is -2.16. The van der Waals surface area contributed by atoms with Crippen LogP contribution in [-0.2, 0) is 0 Å². The molecule has 0 bridgehead atoms. The number of fused-ring (bicyclic) bond motifs is 9. The summed E-state index contributed by atoms with van der Waals surface area (Å²) in [6.45, 7) is 0. The maximum absolute atomic E-state index is 10.5. The number of benzene rings is 9. The molecule has 5 nitrogen and oxygen atoms in total. The van der Waals surface area contributed by atoms with Gasteiger partial charge in [-0.15, -0.1) is 0 Å². The molecule has 9 aromatic carbocycles. The van der Waals surface area contributed by atoms with Crippen LogP contribution < -0.4 is 0 Å². The first kappa shape index (κ1) is 34.4. The summed E-state index contributed by atoms with van der Waals surface area (Å²) >= 11 is 0. The summed E-state index contributed by atoms with van der Waals surface area (Å²) in [6.07, 6.45) is 0. The van der Waals surface area contributed by atoms with Gasteiger partial charge in [0.15, 0.2) is 0 Å². The van der Waals surface area contributed by atoms with E-state index in [4.69, 9.17) is 0 Å². The van der Waals surface area contributed by atoms with E-state index in [0.717, 1.165) is 72.2 Å². The highest BCUT2D eigenvalue weighted by molar-refractivity contribution is 6.13. The van der Waals surface area contributed by atoms with Crippen LogP contribution >= 0.6 is 0 Å². The Labute approximate surface area is 351 Å². The predicted octanol–water partition coefficient (Wildman–Crippen LogP) is 14.1. The van der Waals surface area contributed by atoms with Crippen LogP contribution in [0.25, 0.3) is 105 Å². The normalized spacial score (nSPS) is 11.6. The van der Waals surface area contributed by atoms with E-state index in [1.807, 2.05) is 42.5 Å². The molecule has 0 spiro atoms. The van der Waals surface area contributed by atoms with E-state index in [0.29, 0.717) is 11.1 Å². The van der Waals surface area contributed by atoms with Crippen LogP contribution in [-0.4, -0.2) is 13.7 Å². The Kier molecular flexibility index (Phi) is 7.59. The zero-order valence-corrected chi connectivity index (χ0v) is 32.8. The Hall–Kier alpha value is -8.64. The van der Waals surface area contributed by atoms with Crippen molar-refractivity contribution in [1.82, 2.24) is 13.7 Å². The zero-order chi connectivity index (χ0) is 40.6. The van der Waals surface area contributed by atoms with E-state index in [2.05, 4.69) is 184 Å². The summed E-state index contributed by atoms with van der Waals surface area (Å²) < 4.78 is 6.94. The minimum Gasteiger partial charge on any atom is -0.309 e. The van der Waals surface area contributed by atoms with E-state index in [9.17, 15) is 10.5 Å². The fourth-order valence-corrected chi connectivity index (χ4v) is 9.58. The van der Waals surface area contributed by atoms with E-state index < -0.39 is 0 Å². The summed E-state index contributed by atoms with van der Waals surface area (Å²) in [6, 6.07) is 75.1. The molecule has 0 aliphatic rings. The summed E-state index contributed by atoms with van der Waals surface area (Å²) in [7, 11) is 0. The van der Waals surface area contributed by atoms with E-state index >= 15 is 0 Å². The molecule has 3 aromatic heterocycles. The van der Waals surface area contributed by atoms with Gasteiger partial charge in [0.1, 0.15) is 6.07 Å². The highest BCUT2D eigenvalue weighted by atomic mass is 15.0. The fourth-order valence-electron chi connectivity index (χ4n) is 9.58. The van der Waals surface area contributed by atoms with Crippen molar-refractivity contribution in [2.24, 2.45) is 0 Å². The van der Waals surface area contributed by atoms with Gasteiger partial charge in [0.2, 0.25) is 0 Å². The number of hydrogen-bond acceptors (Lipinski definition) is 2. The van der Waals surface area contributed by atoms with Crippen molar-refractivity contribution in [3.63, 3.8) is 0 Å². The van der Waals surface area contributed by atoms with Crippen LogP contribution in [0.3, 0.4) is 0 Å². The Morgan fingerprint density at radius 1 is 0.295 bits per heavy atom. The van der Waals surface area contributed by atoms with Gasteiger partial charge < -0.3 is 13.7 Å². The molecule has 0 fully saturated rings. The average Bonchev–Trinajstić information content (AvgIpc) is 3.96. The van der Waals surface area contributed by atoms with Gasteiger partial charge in [-0.3, -0.25) is 0 Å². The maximum atomic E-state index is 10.5. The quantitative estimate of drug-likeness (QED) is 0.175. The number of nitriles is 2. The first-order valence-corrected chi connectivity index (χ1v) is 20.4. The maximum Gasteiger partial charge on any atom is 0.101 e. The van der Waals surface area contributed by atoms with Crippen LogP contribution in [0.15, 0.2) is 200 Å². The second-order valence-corrected chi connectivity index (χ2v) is 15.6. The van der Waals surface area contributed by atoms with E-state index in [1.54, 1.807) is 0 Å². The average molecular weight is 776 g/mol. The molecule has 0 aliphatic carbocycles. The Morgan fingerprint density at radius 3 is 1.41 bits per heavy atom. The van der Waals surface area contributed by atoms with Crippen LogP contribution in [0.4, 0.5) is 0 Å². The number of para-hydroxylation sites is 4. The number of nitrogens with zero attached hydrogens (tertiary/aromatic N) is 5. The molecule has 0 atom stereocenters. The molecule has 0 amide bonds. The zero-order valence-electron chi connectivity index (χ0n) is 32.8. The van der Waals surface area contributed by atoms with Gasteiger partial charge in [-0.2, -0.15) is 10.5 Å². The SMILES string of the molecule is N#Cc1ccc2c(c1)c1ccccc1n2-c1cc(-c2cc(-c3ccccc3)cc(-n3c4ccccc4c4cc(-n5c6ccccc6c6ccccc65)ccc43)c2)ccc1C#N.